The van der Waals surface area contributed by atoms with Crippen LogP contribution < -0.4 is 4.74 Å². The van der Waals surface area contributed by atoms with Gasteiger partial charge in [-0.1, -0.05) is 96.6 Å². The van der Waals surface area contributed by atoms with Gasteiger partial charge >= 0.3 is 0 Å². The van der Waals surface area contributed by atoms with E-state index in [-0.39, 0.29) is 6.10 Å². The molecule has 0 bridgehead atoms. The Morgan fingerprint density at radius 3 is 2.19 bits per heavy atom. The van der Waals surface area contributed by atoms with Gasteiger partial charge in [0.15, 0.2) is 0 Å². The molecule has 182 valence electrons. The summed E-state index contributed by atoms with van der Waals surface area (Å²) in [5.74, 6) is 1.81. The van der Waals surface area contributed by atoms with Crippen molar-refractivity contribution < 1.29 is 9.47 Å². The molecule has 0 saturated heterocycles. The summed E-state index contributed by atoms with van der Waals surface area (Å²) in [6.07, 6.45) is 4.77. The molecule has 36 heavy (non-hydrogen) atoms. The van der Waals surface area contributed by atoms with Crippen molar-refractivity contribution in [3.05, 3.63) is 137 Å². The zero-order chi connectivity index (χ0) is 24.3. The normalized spacial score (nSPS) is 22.9. The Bertz CT molecular complexity index is 1270. The molecule has 0 spiro atoms. The molecule has 0 amide bonds. The summed E-state index contributed by atoms with van der Waals surface area (Å²) >= 11 is 0. The molecule has 0 unspecified atom stereocenters. The van der Waals surface area contributed by atoms with Gasteiger partial charge in [0, 0.05) is 18.8 Å². The first-order valence-corrected chi connectivity index (χ1v) is 13.3. The summed E-state index contributed by atoms with van der Waals surface area (Å²) < 4.78 is 12.3. The molecule has 0 aliphatic heterocycles. The van der Waals surface area contributed by atoms with Crippen molar-refractivity contribution in [3.63, 3.8) is 0 Å². The Balaban J connectivity index is 1.14. The highest BCUT2D eigenvalue weighted by molar-refractivity contribution is 5.47. The minimum absolute atomic E-state index is 0.243. The predicted molar refractivity (Wildman–Crippen MR) is 146 cm³/mol. The van der Waals surface area contributed by atoms with Gasteiger partial charge in [-0.15, -0.1) is 0 Å². The molecule has 2 aliphatic rings. The Morgan fingerprint density at radius 1 is 0.722 bits per heavy atom. The Hall–Kier alpha value is -3.36. The lowest BCUT2D eigenvalue weighted by Gasteiger charge is -2.36. The fourth-order valence-corrected chi connectivity index (χ4v) is 5.90. The number of aryl methyl sites for hydroxylation is 2. The zero-order valence-corrected chi connectivity index (χ0v) is 21.0. The van der Waals surface area contributed by atoms with E-state index >= 15 is 0 Å². The number of ether oxygens (including phenoxy) is 2. The Morgan fingerprint density at radius 2 is 1.44 bits per heavy atom. The molecular formula is C34H34O2. The summed E-state index contributed by atoms with van der Waals surface area (Å²) in [6.45, 7) is 2.88. The first kappa shape index (κ1) is 23.1. The van der Waals surface area contributed by atoms with Crippen LogP contribution in [0, 0.1) is 6.92 Å². The summed E-state index contributed by atoms with van der Waals surface area (Å²) in [5.41, 5.74) is 8.37. The molecule has 0 N–H and O–H groups in total. The van der Waals surface area contributed by atoms with Gasteiger partial charge in [-0.2, -0.15) is 0 Å². The van der Waals surface area contributed by atoms with E-state index in [4.69, 9.17) is 9.47 Å². The highest BCUT2D eigenvalue weighted by Gasteiger charge is 2.33. The first-order valence-electron chi connectivity index (χ1n) is 13.3. The van der Waals surface area contributed by atoms with Crippen LogP contribution in [-0.4, -0.2) is 12.2 Å². The van der Waals surface area contributed by atoms with Gasteiger partial charge in [0.05, 0.1) is 12.7 Å². The van der Waals surface area contributed by atoms with E-state index in [9.17, 15) is 0 Å². The summed E-state index contributed by atoms with van der Waals surface area (Å²) in [5, 5.41) is 0. The average molecular weight is 475 g/mol. The zero-order valence-electron chi connectivity index (χ0n) is 21.0. The van der Waals surface area contributed by atoms with Crippen LogP contribution in [0.25, 0.3) is 0 Å². The smallest absolute Gasteiger partial charge is 0.119 e. The van der Waals surface area contributed by atoms with Crippen molar-refractivity contribution in [3.8, 4) is 5.75 Å². The van der Waals surface area contributed by atoms with Crippen LogP contribution in [0.4, 0.5) is 0 Å². The predicted octanol–water partition coefficient (Wildman–Crippen LogP) is 7.98. The van der Waals surface area contributed by atoms with Crippen molar-refractivity contribution in [1.82, 2.24) is 0 Å². The molecule has 2 aliphatic carbocycles. The van der Waals surface area contributed by atoms with Gasteiger partial charge in [0.2, 0.25) is 0 Å². The highest BCUT2D eigenvalue weighted by atomic mass is 16.5. The van der Waals surface area contributed by atoms with Gasteiger partial charge < -0.3 is 9.47 Å². The molecule has 6 rings (SSSR count). The maximum Gasteiger partial charge on any atom is 0.119 e. The van der Waals surface area contributed by atoms with Crippen molar-refractivity contribution in [1.29, 1.82) is 0 Å². The van der Waals surface area contributed by atoms with Crippen LogP contribution in [0.3, 0.4) is 0 Å². The van der Waals surface area contributed by atoms with E-state index in [1.54, 1.807) is 0 Å². The van der Waals surface area contributed by atoms with Crippen LogP contribution in [0.15, 0.2) is 103 Å². The first-order chi connectivity index (χ1) is 17.7. The minimum Gasteiger partial charge on any atom is -0.490 e. The van der Waals surface area contributed by atoms with Crippen LogP contribution in [0.1, 0.15) is 64.5 Å². The second kappa shape index (κ2) is 10.3. The van der Waals surface area contributed by atoms with Gasteiger partial charge in [0.25, 0.3) is 0 Å². The van der Waals surface area contributed by atoms with E-state index in [0.717, 1.165) is 25.0 Å². The topological polar surface area (TPSA) is 18.5 Å². The second-order valence-corrected chi connectivity index (χ2v) is 10.4. The largest absolute Gasteiger partial charge is 0.490 e. The molecule has 2 nitrogen and oxygen atoms in total. The number of hydrogen-bond donors (Lipinski definition) is 0. The van der Waals surface area contributed by atoms with Crippen molar-refractivity contribution >= 4 is 0 Å². The molecule has 1 fully saturated rings. The lowest BCUT2D eigenvalue weighted by atomic mass is 9.69. The van der Waals surface area contributed by atoms with Crippen LogP contribution in [0.2, 0.25) is 0 Å². The van der Waals surface area contributed by atoms with Gasteiger partial charge in [0.1, 0.15) is 11.9 Å². The maximum absolute atomic E-state index is 6.29. The van der Waals surface area contributed by atoms with Crippen molar-refractivity contribution in [2.45, 2.75) is 63.3 Å². The van der Waals surface area contributed by atoms with Crippen molar-refractivity contribution in [2.75, 3.05) is 0 Å². The molecule has 1 saturated carbocycles. The minimum atomic E-state index is 0.243. The molecular weight excluding hydrogens is 440 g/mol. The van der Waals surface area contributed by atoms with Crippen LogP contribution in [0.5, 0.6) is 5.75 Å². The standard InChI is InChI=1S/C34H34O2/c1-24-12-18-33-28(20-24)15-19-32(26-10-6-3-7-11-26)34(33)27-13-16-29(17-14-27)36-31-21-30(22-31)35-23-25-8-4-2-5-9-25/h2-14,16-18,20,30-32,34H,15,19,21-23H2,1H3/t30?,31?,32-,34+/m1/s1. The number of benzene rings is 4. The number of fused-ring (bicyclic) bond motifs is 1. The third kappa shape index (κ3) is 4.96. The summed E-state index contributed by atoms with van der Waals surface area (Å²) in [7, 11) is 0. The maximum atomic E-state index is 6.29. The molecule has 2 atom stereocenters. The fraction of sp³-hybridized carbons (Fsp3) is 0.294. The van der Waals surface area contributed by atoms with Crippen molar-refractivity contribution in [2.24, 2.45) is 0 Å². The summed E-state index contributed by atoms with van der Waals surface area (Å²) in [4.78, 5) is 0. The van der Waals surface area contributed by atoms with Crippen LogP contribution in [-0.2, 0) is 17.8 Å². The van der Waals surface area contributed by atoms with Crippen LogP contribution >= 0.6 is 0 Å². The monoisotopic (exact) mass is 474 g/mol. The van der Waals surface area contributed by atoms with E-state index in [1.807, 2.05) is 6.07 Å². The third-order valence-corrected chi connectivity index (χ3v) is 7.91. The number of hydrogen-bond acceptors (Lipinski definition) is 2. The summed E-state index contributed by atoms with van der Waals surface area (Å²) in [6, 6.07) is 37.3. The van der Waals surface area contributed by atoms with Gasteiger partial charge in [-0.25, -0.2) is 0 Å². The third-order valence-electron chi connectivity index (χ3n) is 7.91. The highest BCUT2D eigenvalue weighted by Crippen LogP contribution is 2.46. The van der Waals surface area contributed by atoms with E-state index in [1.165, 1.54) is 39.8 Å². The van der Waals surface area contributed by atoms with Gasteiger partial charge in [-0.05, 0) is 65.6 Å². The SMILES string of the molecule is Cc1ccc2c(c1)CC[C@H](c1ccccc1)[C@@H]2c1ccc(OC2CC(OCc3ccccc3)C2)cc1. The molecule has 0 aromatic heterocycles. The average Bonchev–Trinajstić information content (AvgIpc) is 2.90. The van der Waals surface area contributed by atoms with Gasteiger partial charge in [-0.3, -0.25) is 0 Å². The Labute approximate surface area is 214 Å². The fourth-order valence-electron chi connectivity index (χ4n) is 5.90. The molecule has 0 radical (unpaired) electrons. The molecule has 0 heterocycles. The molecule has 4 aromatic rings. The molecule has 4 aromatic carbocycles. The molecule has 2 heteroatoms. The Kier molecular flexibility index (Phi) is 6.61. The van der Waals surface area contributed by atoms with E-state index in [0.29, 0.717) is 24.5 Å². The van der Waals surface area contributed by atoms with E-state index < -0.39 is 0 Å². The lowest BCUT2D eigenvalue weighted by Crippen LogP contribution is -2.39. The number of rotatable bonds is 7. The second-order valence-electron chi connectivity index (χ2n) is 10.4. The van der Waals surface area contributed by atoms with E-state index in [2.05, 4.69) is 104 Å². The quantitative estimate of drug-likeness (QED) is 0.270. The lowest BCUT2D eigenvalue weighted by molar-refractivity contribution is -0.0683.